The average Bonchev–Trinajstić information content (AvgIpc) is 3.23. The van der Waals surface area contributed by atoms with Crippen LogP contribution >= 0.6 is 11.8 Å². The van der Waals surface area contributed by atoms with Crippen LogP contribution in [0.2, 0.25) is 0 Å². The maximum Gasteiger partial charge on any atom is 0.329 e. The number of thioether (sulfide) groups is 1. The number of hydrogen-bond donors (Lipinski definition) is 1. The average molecular weight is 509 g/mol. The molecule has 0 aliphatic heterocycles. The van der Waals surface area contributed by atoms with Crippen LogP contribution in [-0.4, -0.2) is 46.4 Å². The Kier molecular flexibility index (Phi) is 9.10. The van der Waals surface area contributed by atoms with Gasteiger partial charge in [-0.2, -0.15) is 5.10 Å². The van der Waals surface area contributed by atoms with Crippen molar-refractivity contribution in [3.05, 3.63) is 54.6 Å². The summed E-state index contributed by atoms with van der Waals surface area (Å²) in [5, 5.41) is 15.1. The van der Waals surface area contributed by atoms with Gasteiger partial charge in [-0.05, 0) is 75.3 Å². The van der Waals surface area contributed by atoms with Gasteiger partial charge in [-0.3, -0.25) is 4.68 Å². The first kappa shape index (κ1) is 26.3. The van der Waals surface area contributed by atoms with Crippen molar-refractivity contribution in [2.75, 3.05) is 19.5 Å². The second-order valence-corrected chi connectivity index (χ2v) is 10.6. The fourth-order valence-corrected chi connectivity index (χ4v) is 5.72. The summed E-state index contributed by atoms with van der Waals surface area (Å²) in [6.07, 6.45) is 6.56. The molecular weight excluding hydrogens is 472 g/mol. The molecule has 1 N–H and O–H groups in total. The molecule has 0 spiro atoms. The van der Waals surface area contributed by atoms with E-state index in [0.29, 0.717) is 18.4 Å². The van der Waals surface area contributed by atoms with Crippen molar-refractivity contribution in [3.63, 3.8) is 0 Å². The van der Waals surface area contributed by atoms with Gasteiger partial charge in [0.05, 0.1) is 12.7 Å². The number of aromatic nitrogens is 2. The molecule has 36 heavy (non-hydrogen) atoms. The highest BCUT2D eigenvalue weighted by atomic mass is 32.2. The van der Waals surface area contributed by atoms with E-state index in [-0.39, 0.29) is 12.7 Å². The molecule has 0 amide bonds. The van der Waals surface area contributed by atoms with Crippen LogP contribution in [-0.2, 0) is 16.1 Å². The van der Waals surface area contributed by atoms with E-state index in [1.165, 1.54) is 5.03 Å². The molecular formula is C29H36N2O4S. The number of hydrogen-bond acceptors (Lipinski definition) is 5. The highest BCUT2D eigenvalue weighted by molar-refractivity contribution is 7.98. The van der Waals surface area contributed by atoms with Crippen molar-refractivity contribution in [1.82, 2.24) is 9.78 Å². The Labute approximate surface area is 218 Å². The number of carboxylic acid groups (broad SMARTS) is 1. The van der Waals surface area contributed by atoms with E-state index in [2.05, 4.69) is 53.4 Å². The third-order valence-electron chi connectivity index (χ3n) is 6.62. The van der Waals surface area contributed by atoms with Gasteiger partial charge >= 0.3 is 5.97 Å². The van der Waals surface area contributed by atoms with E-state index >= 15 is 0 Å². The summed E-state index contributed by atoms with van der Waals surface area (Å²) in [6.45, 7) is 5.29. The van der Waals surface area contributed by atoms with E-state index in [4.69, 9.17) is 19.7 Å². The molecule has 2 aromatic carbocycles. The van der Waals surface area contributed by atoms with E-state index < -0.39 is 5.97 Å². The molecule has 1 saturated carbocycles. The van der Waals surface area contributed by atoms with Gasteiger partial charge in [0.15, 0.2) is 0 Å². The van der Waals surface area contributed by atoms with Gasteiger partial charge in [-0.25, -0.2) is 4.79 Å². The van der Waals surface area contributed by atoms with E-state index in [0.717, 1.165) is 60.4 Å². The lowest BCUT2D eigenvalue weighted by Crippen LogP contribution is -2.23. The van der Waals surface area contributed by atoms with Crippen molar-refractivity contribution in [1.29, 1.82) is 0 Å². The predicted molar refractivity (Wildman–Crippen MR) is 145 cm³/mol. The van der Waals surface area contributed by atoms with Crippen molar-refractivity contribution in [2.45, 2.75) is 57.2 Å². The fourth-order valence-electron chi connectivity index (χ4n) is 4.97. The monoisotopic (exact) mass is 508 g/mol. The lowest BCUT2D eigenvalue weighted by atomic mass is 9.82. The molecule has 4 rings (SSSR count). The Bertz CT molecular complexity index is 1140. The lowest BCUT2D eigenvalue weighted by Gasteiger charge is -2.28. The topological polar surface area (TPSA) is 73.6 Å². The molecule has 1 heterocycles. The van der Waals surface area contributed by atoms with Gasteiger partial charge in [0, 0.05) is 17.7 Å². The summed E-state index contributed by atoms with van der Waals surface area (Å²) >= 11 is 1.74. The zero-order chi connectivity index (χ0) is 25.5. The Hall–Kier alpha value is -2.77. The van der Waals surface area contributed by atoms with Crippen LogP contribution in [0.5, 0.6) is 5.75 Å². The van der Waals surface area contributed by atoms with Gasteiger partial charge < -0.3 is 14.6 Å². The molecule has 0 bridgehead atoms. The van der Waals surface area contributed by atoms with Gasteiger partial charge in [-0.1, -0.05) is 42.5 Å². The minimum Gasteiger partial charge on any atom is -0.491 e. The second kappa shape index (κ2) is 12.5. The molecule has 0 saturated heterocycles. The van der Waals surface area contributed by atoms with Crippen molar-refractivity contribution in [3.8, 4) is 28.1 Å². The lowest BCUT2D eigenvalue weighted by molar-refractivity contribution is -0.142. The van der Waals surface area contributed by atoms with Crippen molar-refractivity contribution < 1.29 is 19.4 Å². The maximum atomic E-state index is 10.7. The summed E-state index contributed by atoms with van der Waals surface area (Å²) in [7, 11) is 0. The standard InChI is InChI=1S/C29H36N2O4S/c1-20(2)35-25-11-7-10-24(16-25)27-28(23-8-5-4-6-9-23)30-31(29(27)36-3)17-21-12-14-22(15-13-21)18-34-19-26(32)33/h4-11,16,20-22H,12-15,17-19H2,1-3H3,(H,32,33)/t21-,22+. The van der Waals surface area contributed by atoms with Gasteiger partial charge in [0.2, 0.25) is 0 Å². The molecule has 1 aromatic heterocycles. The number of carboxylic acids is 1. The largest absolute Gasteiger partial charge is 0.491 e. The number of carbonyl (C=O) groups is 1. The van der Waals surface area contributed by atoms with Crippen molar-refractivity contribution >= 4 is 17.7 Å². The summed E-state index contributed by atoms with van der Waals surface area (Å²) in [5.74, 6) is 0.944. The van der Waals surface area contributed by atoms with Crippen LogP contribution < -0.4 is 4.74 Å². The molecule has 1 aliphatic rings. The van der Waals surface area contributed by atoms with Gasteiger partial charge in [0.25, 0.3) is 0 Å². The number of ether oxygens (including phenoxy) is 2. The molecule has 0 atom stereocenters. The number of aliphatic carboxylic acids is 1. The number of benzene rings is 2. The summed E-state index contributed by atoms with van der Waals surface area (Å²) < 4.78 is 13.5. The minimum atomic E-state index is -0.904. The smallest absolute Gasteiger partial charge is 0.329 e. The normalized spacial score (nSPS) is 17.9. The van der Waals surface area contributed by atoms with Crippen molar-refractivity contribution in [2.24, 2.45) is 11.8 Å². The molecule has 192 valence electrons. The summed E-state index contributed by atoms with van der Waals surface area (Å²) in [5.41, 5.74) is 4.37. The SMILES string of the molecule is CSc1c(-c2cccc(OC(C)C)c2)c(-c2ccccc2)nn1C[C@H]1CC[C@@H](COCC(=O)O)CC1. The zero-order valence-electron chi connectivity index (χ0n) is 21.4. The highest BCUT2D eigenvalue weighted by Crippen LogP contribution is 2.41. The first-order valence-electron chi connectivity index (χ1n) is 12.7. The Balaban J connectivity index is 1.59. The van der Waals surface area contributed by atoms with E-state index in [9.17, 15) is 4.79 Å². The molecule has 7 heteroatoms. The van der Waals surface area contributed by atoms with Crippen LogP contribution in [0.25, 0.3) is 22.4 Å². The van der Waals surface area contributed by atoms with E-state index in [1.807, 2.05) is 26.0 Å². The quantitative estimate of drug-likeness (QED) is 0.293. The fraction of sp³-hybridized carbons (Fsp3) is 0.448. The Morgan fingerprint density at radius 3 is 2.42 bits per heavy atom. The maximum absolute atomic E-state index is 10.7. The summed E-state index contributed by atoms with van der Waals surface area (Å²) in [6, 6.07) is 18.7. The van der Waals surface area contributed by atoms with Crippen LogP contribution in [0.1, 0.15) is 39.5 Å². The van der Waals surface area contributed by atoms with Crippen LogP contribution in [0.4, 0.5) is 0 Å². The van der Waals surface area contributed by atoms with Crippen LogP contribution in [0.3, 0.4) is 0 Å². The molecule has 0 unspecified atom stereocenters. The molecule has 1 aliphatic carbocycles. The molecule has 6 nitrogen and oxygen atoms in total. The van der Waals surface area contributed by atoms with Crippen LogP contribution in [0, 0.1) is 11.8 Å². The second-order valence-electron chi connectivity index (χ2n) is 9.77. The highest BCUT2D eigenvalue weighted by Gasteiger charge is 2.26. The Morgan fingerprint density at radius 1 is 1.06 bits per heavy atom. The number of rotatable bonds is 11. The third kappa shape index (κ3) is 6.71. The first-order chi connectivity index (χ1) is 17.4. The Morgan fingerprint density at radius 2 is 1.75 bits per heavy atom. The van der Waals surface area contributed by atoms with Gasteiger partial charge in [0.1, 0.15) is 23.1 Å². The zero-order valence-corrected chi connectivity index (χ0v) is 22.2. The molecule has 3 aromatic rings. The molecule has 0 radical (unpaired) electrons. The third-order valence-corrected chi connectivity index (χ3v) is 7.42. The van der Waals surface area contributed by atoms with Gasteiger partial charge in [-0.15, -0.1) is 11.8 Å². The number of nitrogens with zero attached hydrogens (tertiary/aromatic N) is 2. The first-order valence-corrected chi connectivity index (χ1v) is 13.9. The predicted octanol–water partition coefficient (Wildman–Crippen LogP) is 6.63. The van der Waals surface area contributed by atoms with E-state index in [1.54, 1.807) is 11.8 Å². The summed E-state index contributed by atoms with van der Waals surface area (Å²) in [4.78, 5) is 10.7. The minimum absolute atomic E-state index is 0.112. The molecule has 1 fully saturated rings. The van der Waals surface area contributed by atoms with Crippen LogP contribution in [0.15, 0.2) is 59.6 Å².